The highest BCUT2D eigenvalue weighted by Crippen LogP contribution is 2.32. The van der Waals surface area contributed by atoms with Crippen LogP contribution in [0, 0.1) is 13.8 Å². The maximum atomic E-state index is 4.83. The Kier molecular flexibility index (Phi) is 3.83. The standard InChI is InChI=1S/C24H18N4/c1-15-3-6-17(7-4-15)21-22(28-24-23(27-21)25-11-12-26-24)20-10-9-18-13-16(2)5-8-19(18)14-20/h3-14H,1-2H3. The van der Waals surface area contributed by atoms with Crippen molar-refractivity contribution in [2.75, 3.05) is 0 Å². The molecule has 3 aromatic carbocycles. The molecule has 0 amide bonds. The average molecular weight is 362 g/mol. The van der Waals surface area contributed by atoms with Gasteiger partial charge in [0.25, 0.3) is 0 Å². The molecule has 0 fully saturated rings. The zero-order valence-electron chi connectivity index (χ0n) is 15.7. The first-order valence-electron chi connectivity index (χ1n) is 9.24. The van der Waals surface area contributed by atoms with Gasteiger partial charge in [-0.1, -0.05) is 65.7 Å². The van der Waals surface area contributed by atoms with Crippen LogP contribution in [0.3, 0.4) is 0 Å². The van der Waals surface area contributed by atoms with Gasteiger partial charge in [-0.2, -0.15) is 0 Å². The molecule has 4 nitrogen and oxygen atoms in total. The third kappa shape index (κ3) is 2.89. The molecule has 5 rings (SSSR count). The minimum absolute atomic E-state index is 0.553. The largest absolute Gasteiger partial charge is 0.232 e. The molecule has 5 aromatic rings. The highest BCUT2D eigenvalue weighted by molar-refractivity contribution is 5.91. The Balaban J connectivity index is 1.78. The van der Waals surface area contributed by atoms with Crippen LogP contribution >= 0.6 is 0 Å². The Labute approximate surface area is 163 Å². The summed E-state index contributed by atoms with van der Waals surface area (Å²) < 4.78 is 0. The van der Waals surface area contributed by atoms with E-state index in [0.717, 1.165) is 22.5 Å². The minimum Gasteiger partial charge on any atom is -0.232 e. The Morgan fingerprint density at radius 1 is 0.536 bits per heavy atom. The van der Waals surface area contributed by atoms with Crippen molar-refractivity contribution in [1.82, 2.24) is 19.9 Å². The first-order chi connectivity index (χ1) is 13.7. The van der Waals surface area contributed by atoms with E-state index in [1.807, 2.05) is 0 Å². The quantitative estimate of drug-likeness (QED) is 0.415. The minimum atomic E-state index is 0.553. The van der Waals surface area contributed by atoms with Crippen molar-refractivity contribution in [2.45, 2.75) is 13.8 Å². The predicted molar refractivity (Wildman–Crippen MR) is 113 cm³/mol. The Bertz CT molecular complexity index is 1320. The van der Waals surface area contributed by atoms with Gasteiger partial charge in [0.05, 0.1) is 11.4 Å². The van der Waals surface area contributed by atoms with Crippen molar-refractivity contribution in [3.63, 3.8) is 0 Å². The maximum Gasteiger partial charge on any atom is 0.198 e. The normalized spacial score (nSPS) is 11.2. The highest BCUT2D eigenvalue weighted by atomic mass is 15.0. The monoisotopic (exact) mass is 362 g/mol. The summed E-state index contributed by atoms with van der Waals surface area (Å²) in [6.07, 6.45) is 3.30. The Hall–Kier alpha value is -3.66. The lowest BCUT2D eigenvalue weighted by molar-refractivity contribution is 1.16. The highest BCUT2D eigenvalue weighted by Gasteiger charge is 2.14. The molecule has 28 heavy (non-hydrogen) atoms. The molecule has 0 unspecified atom stereocenters. The SMILES string of the molecule is Cc1ccc(-c2nc3nccnc3nc2-c2ccc3cc(C)ccc3c2)cc1. The van der Waals surface area contributed by atoms with Crippen LogP contribution in [0.4, 0.5) is 0 Å². The second-order valence-electron chi connectivity index (χ2n) is 7.06. The molecule has 0 spiro atoms. The van der Waals surface area contributed by atoms with Gasteiger partial charge in [-0.05, 0) is 30.7 Å². The summed E-state index contributed by atoms with van der Waals surface area (Å²) in [4.78, 5) is 18.3. The van der Waals surface area contributed by atoms with Crippen molar-refractivity contribution in [3.8, 4) is 22.5 Å². The number of aryl methyl sites for hydroxylation is 2. The molecule has 4 heteroatoms. The number of nitrogens with zero attached hydrogens (tertiary/aromatic N) is 4. The molecule has 2 aromatic heterocycles. The first kappa shape index (κ1) is 16.5. The van der Waals surface area contributed by atoms with E-state index in [2.05, 4.69) is 84.5 Å². The van der Waals surface area contributed by atoms with Gasteiger partial charge in [0, 0.05) is 23.5 Å². The predicted octanol–water partition coefficient (Wildman–Crippen LogP) is 5.52. The van der Waals surface area contributed by atoms with Gasteiger partial charge < -0.3 is 0 Å². The van der Waals surface area contributed by atoms with Gasteiger partial charge in [0.1, 0.15) is 0 Å². The van der Waals surface area contributed by atoms with E-state index < -0.39 is 0 Å². The first-order valence-corrected chi connectivity index (χ1v) is 9.24. The molecule has 0 atom stereocenters. The van der Waals surface area contributed by atoms with Crippen molar-refractivity contribution in [1.29, 1.82) is 0 Å². The fourth-order valence-corrected chi connectivity index (χ4v) is 3.43. The topological polar surface area (TPSA) is 51.6 Å². The van der Waals surface area contributed by atoms with Crippen LogP contribution in [-0.2, 0) is 0 Å². The van der Waals surface area contributed by atoms with Crippen LogP contribution in [0.5, 0.6) is 0 Å². The van der Waals surface area contributed by atoms with Crippen molar-refractivity contribution >= 4 is 22.1 Å². The third-order valence-electron chi connectivity index (χ3n) is 4.91. The van der Waals surface area contributed by atoms with E-state index in [-0.39, 0.29) is 0 Å². The zero-order chi connectivity index (χ0) is 19.1. The van der Waals surface area contributed by atoms with E-state index in [9.17, 15) is 0 Å². The number of benzene rings is 3. The molecule has 0 saturated carbocycles. The zero-order valence-corrected chi connectivity index (χ0v) is 15.7. The summed E-state index contributed by atoms with van der Waals surface area (Å²) in [5, 5.41) is 2.40. The number of hydrogen-bond acceptors (Lipinski definition) is 4. The van der Waals surface area contributed by atoms with Crippen LogP contribution < -0.4 is 0 Å². The van der Waals surface area contributed by atoms with Crippen molar-refractivity contribution in [3.05, 3.63) is 84.2 Å². The summed E-state index contributed by atoms with van der Waals surface area (Å²) in [5.41, 5.74) is 7.24. The van der Waals surface area contributed by atoms with Crippen molar-refractivity contribution < 1.29 is 0 Å². The summed E-state index contributed by atoms with van der Waals surface area (Å²) >= 11 is 0. The molecule has 134 valence electrons. The lowest BCUT2D eigenvalue weighted by atomic mass is 9.99. The van der Waals surface area contributed by atoms with E-state index in [1.54, 1.807) is 12.4 Å². The van der Waals surface area contributed by atoms with E-state index >= 15 is 0 Å². The molecule has 0 aliphatic carbocycles. The maximum absolute atomic E-state index is 4.83. The molecule has 0 bridgehead atoms. The second kappa shape index (κ2) is 6.50. The lowest BCUT2D eigenvalue weighted by Gasteiger charge is -2.11. The molecule has 0 N–H and O–H groups in total. The van der Waals surface area contributed by atoms with Crippen LogP contribution in [0.2, 0.25) is 0 Å². The summed E-state index contributed by atoms with van der Waals surface area (Å²) in [7, 11) is 0. The van der Waals surface area contributed by atoms with Crippen molar-refractivity contribution in [2.24, 2.45) is 0 Å². The molecule has 0 saturated heterocycles. The number of fused-ring (bicyclic) bond motifs is 2. The molecule has 0 aliphatic heterocycles. The van der Waals surface area contributed by atoms with Crippen LogP contribution in [-0.4, -0.2) is 19.9 Å². The van der Waals surface area contributed by atoms with Crippen LogP contribution in [0.1, 0.15) is 11.1 Å². The second-order valence-corrected chi connectivity index (χ2v) is 7.06. The number of rotatable bonds is 2. The fourth-order valence-electron chi connectivity index (χ4n) is 3.43. The van der Waals surface area contributed by atoms with E-state index in [1.165, 1.54) is 21.9 Å². The number of hydrogen-bond donors (Lipinski definition) is 0. The molecular formula is C24H18N4. The third-order valence-corrected chi connectivity index (χ3v) is 4.91. The average Bonchev–Trinajstić information content (AvgIpc) is 2.73. The number of aromatic nitrogens is 4. The molecule has 2 heterocycles. The fraction of sp³-hybridized carbons (Fsp3) is 0.0833. The molecule has 0 aliphatic rings. The molecule has 0 radical (unpaired) electrons. The molecular weight excluding hydrogens is 344 g/mol. The Morgan fingerprint density at radius 3 is 1.79 bits per heavy atom. The van der Waals surface area contributed by atoms with Gasteiger partial charge in [-0.25, -0.2) is 19.9 Å². The van der Waals surface area contributed by atoms with Gasteiger partial charge in [-0.3, -0.25) is 0 Å². The lowest BCUT2D eigenvalue weighted by Crippen LogP contribution is -1.98. The summed E-state index contributed by atoms with van der Waals surface area (Å²) in [6.45, 7) is 4.18. The van der Waals surface area contributed by atoms with Gasteiger partial charge in [-0.15, -0.1) is 0 Å². The van der Waals surface area contributed by atoms with Crippen LogP contribution in [0.25, 0.3) is 44.6 Å². The summed E-state index contributed by atoms with van der Waals surface area (Å²) in [6, 6.07) is 21.2. The Morgan fingerprint density at radius 2 is 1.07 bits per heavy atom. The van der Waals surface area contributed by atoms with Gasteiger partial charge in [0.15, 0.2) is 11.3 Å². The van der Waals surface area contributed by atoms with Crippen LogP contribution in [0.15, 0.2) is 73.1 Å². The van der Waals surface area contributed by atoms with Gasteiger partial charge >= 0.3 is 0 Å². The van der Waals surface area contributed by atoms with Gasteiger partial charge in [0.2, 0.25) is 0 Å². The van der Waals surface area contributed by atoms with E-state index in [4.69, 9.17) is 9.97 Å². The smallest absolute Gasteiger partial charge is 0.198 e. The summed E-state index contributed by atoms with van der Waals surface area (Å²) in [5.74, 6) is 0. The van der Waals surface area contributed by atoms with E-state index in [0.29, 0.717) is 11.3 Å².